The summed E-state index contributed by atoms with van der Waals surface area (Å²) < 4.78 is 21.8. The Bertz CT molecular complexity index is 2880. The lowest BCUT2D eigenvalue weighted by Gasteiger charge is -2.34. The molecule has 0 aliphatic heterocycles. The highest BCUT2D eigenvalue weighted by Crippen LogP contribution is 2.44. The Hall–Kier alpha value is -7.07. The predicted molar refractivity (Wildman–Crippen MR) is 311 cm³/mol. The summed E-state index contributed by atoms with van der Waals surface area (Å²) in [4.78, 5) is 34.0. The van der Waals surface area contributed by atoms with E-state index >= 15 is 0 Å². The fourth-order valence-electron chi connectivity index (χ4n) is 10.6. The van der Waals surface area contributed by atoms with E-state index in [9.17, 15) is 29.7 Å². The van der Waals surface area contributed by atoms with Crippen LogP contribution in [0.25, 0.3) is 0 Å². The molecule has 0 unspecified atom stereocenters. The number of carbonyl (C=O) groups excluding carboxylic acids is 3. The number of aryl methyl sites for hydroxylation is 6. The third-order valence-electron chi connectivity index (χ3n) is 15.6. The summed E-state index contributed by atoms with van der Waals surface area (Å²) in [6, 6.07) is 36.2. The Morgan fingerprint density at radius 1 is 0.364 bits per heavy atom. The van der Waals surface area contributed by atoms with Crippen LogP contribution >= 0.6 is 0 Å². The van der Waals surface area contributed by atoms with Crippen LogP contribution < -0.4 is 14.2 Å². The predicted octanol–water partition coefficient (Wildman–Crippen LogP) is 15.2. The Morgan fingerprint density at radius 2 is 0.597 bits per heavy atom. The minimum absolute atomic E-state index is 0.000630. The zero-order chi connectivity index (χ0) is 57.3. The highest BCUT2D eigenvalue weighted by atomic mass is 16.6. The monoisotopic (exact) mass is 1050 g/mol. The van der Waals surface area contributed by atoms with Crippen LogP contribution in [0.3, 0.4) is 0 Å². The summed E-state index contributed by atoms with van der Waals surface area (Å²) in [5.74, 6) is 2.81. The van der Waals surface area contributed by atoms with Crippen molar-refractivity contribution in [2.24, 2.45) is 0 Å². The van der Waals surface area contributed by atoms with Crippen LogP contribution in [0.5, 0.6) is 34.5 Å². The van der Waals surface area contributed by atoms with Gasteiger partial charge in [0.1, 0.15) is 47.7 Å². The molecule has 0 radical (unpaired) electrons. The van der Waals surface area contributed by atoms with Crippen molar-refractivity contribution in [3.05, 3.63) is 176 Å². The zero-order valence-corrected chi connectivity index (χ0v) is 48.7. The summed E-state index contributed by atoms with van der Waals surface area (Å²) in [5.41, 5.74) is 12.6. The normalized spacial score (nSPS) is 11.4. The molecule has 0 aliphatic carbocycles. The molecule has 77 heavy (non-hydrogen) atoms. The number of ether oxygens (including phenoxy) is 4. The van der Waals surface area contributed by atoms with E-state index in [1.54, 1.807) is 25.1 Å². The van der Waals surface area contributed by atoms with Crippen molar-refractivity contribution in [1.29, 1.82) is 0 Å². The van der Waals surface area contributed by atoms with Crippen molar-refractivity contribution in [3.63, 3.8) is 0 Å². The van der Waals surface area contributed by atoms with Crippen LogP contribution in [0.4, 0.5) is 0 Å². The van der Waals surface area contributed by atoms with Crippen LogP contribution in [0.15, 0.2) is 109 Å². The molecular weight excluding hydrogens is 965 g/mol. The first-order valence-corrected chi connectivity index (χ1v) is 27.3. The quantitative estimate of drug-likeness (QED) is 0.0561. The number of Topliss-reactive ketones (excluding diaryl/α,β-unsaturated/α-hetero) is 2. The highest BCUT2D eigenvalue weighted by Gasteiger charge is 2.34. The summed E-state index contributed by atoms with van der Waals surface area (Å²) in [5, 5.41) is 29.4. The molecule has 0 atom stereocenters. The van der Waals surface area contributed by atoms with Gasteiger partial charge in [-0.3, -0.25) is 9.59 Å². The SMILES string of the molecule is CCC(CC)(c1ccc(O)c(C)c1)c1ccc(O)c(C)c1.CCC(CC)(c1ccc(O)c(C)c1)c1ccc(OCC(C)=O)c(C)c1.CCOC(=O)COc1ccc(C(CC)(CC)c2ccc(OCC(C)=O)c(C)c2)cc1C. The summed E-state index contributed by atoms with van der Waals surface area (Å²) in [6.45, 7) is 30.2. The number of esters is 1. The van der Waals surface area contributed by atoms with Crippen molar-refractivity contribution in [1.82, 2.24) is 0 Å². The van der Waals surface area contributed by atoms with Gasteiger partial charge in [0.05, 0.1) is 6.61 Å². The summed E-state index contributed by atoms with van der Waals surface area (Å²) in [6.07, 6.45) is 5.72. The lowest BCUT2D eigenvalue weighted by molar-refractivity contribution is -0.145. The molecule has 0 heterocycles. The maximum Gasteiger partial charge on any atom is 0.344 e. The number of phenolic OH excluding ortho intramolecular Hbond substituents is 3. The van der Waals surface area contributed by atoms with Crippen molar-refractivity contribution >= 4 is 17.5 Å². The van der Waals surface area contributed by atoms with Crippen LogP contribution in [0.1, 0.15) is 168 Å². The summed E-state index contributed by atoms with van der Waals surface area (Å²) >= 11 is 0. The molecular formula is C67H86O10. The number of phenols is 3. The molecule has 6 aromatic rings. The van der Waals surface area contributed by atoms with Gasteiger partial charge in [0.2, 0.25) is 0 Å². The fourth-order valence-corrected chi connectivity index (χ4v) is 10.6. The Kier molecular flexibility index (Phi) is 23.0. The molecule has 10 heteroatoms. The van der Waals surface area contributed by atoms with E-state index in [-0.39, 0.29) is 53.6 Å². The number of ketones is 2. The average molecular weight is 1050 g/mol. The molecule has 0 spiro atoms. The third-order valence-corrected chi connectivity index (χ3v) is 15.6. The molecule has 6 aromatic carbocycles. The fraction of sp³-hybridized carbons (Fsp3) is 0.418. The molecule has 0 amide bonds. The van der Waals surface area contributed by atoms with E-state index in [0.717, 1.165) is 83.4 Å². The van der Waals surface area contributed by atoms with Crippen molar-refractivity contribution in [3.8, 4) is 34.5 Å². The van der Waals surface area contributed by atoms with Gasteiger partial charge < -0.3 is 34.3 Å². The first-order chi connectivity index (χ1) is 36.5. The molecule has 0 bridgehead atoms. The number of aromatic hydroxyl groups is 3. The first-order valence-electron chi connectivity index (χ1n) is 27.3. The molecule has 414 valence electrons. The third kappa shape index (κ3) is 15.1. The van der Waals surface area contributed by atoms with Crippen LogP contribution in [-0.4, -0.2) is 59.3 Å². The van der Waals surface area contributed by atoms with Crippen molar-refractivity contribution in [2.75, 3.05) is 26.4 Å². The van der Waals surface area contributed by atoms with Gasteiger partial charge in [0.25, 0.3) is 0 Å². The lowest BCUT2D eigenvalue weighted by atomic mass is 9.70. The number of hydrogen-bond donors (Lipinski definition) is 3. The van der Waals surface area contributed by atoms with E-state index in [1.807, 2.05) is 77.9 Å². The molecule has 0 aromatic heterocycles. The van der Waals surface area contributed by atoms with Crippen molar-refractivity contribution in [2.45, 2.75) is 159 Å². The van der Waals surface area contributed by atoms with E-state index in [1.165, 1.54) is 47.2 Å². The van der Waals surface area contributed by atoms with Crippen LogP contribution in [-0.2, 0) is 35.4 Å². The number of benzene rings is 6. The van der Waals surface area contributed by atoms with E-state index in [2.05, 4.69) is 96.1 Å². The number of hydrogen-bond acceptors (Lipinski definition) is 10. The second-order valence-electron chi connectivity index (χ2n) is 20.4. The molecule has 6 rings (SSSR count). The minimum Gasteiger partial charge on any atom is -0.508 e. The second-order valence-corrected chi connectivity index (χ2v) is 20.4. The minimum atomic E-state index is -0.370. The second kappa shape index (κ2) is 28.3. The first kappa shape index (κ1) is 62.5. The number of rotatable bonds is 22. The van der Waals surface area contributed by atoms with Gasteiger partial charge in [0.15, 0.2) is 18.2 Å². The van der Waals surface area contributed by atoms with Gasteiger partial charge in [-0.25, -0.2) is 4.79 Å². The maximum atomic E-state index is 11.6. The Labute approximate surface area is 459 Å². The molecule has 3 N–H and O–H groups in total. The summed E-state index contributed by atoms with van der Waals surface area (Å²) in [7, 11) is 0. The van der Waals surface area contributed by atoms with Gasteiger partial charge in [-0.05, 0) is 204 Å². The molecule has 0 fully saturated rings. The van der Waals surface area contributed by atoms with Gasteiger partial charge in [-0.15, -0.1) is 0 Å². The Morgan fingerprint density at radius 3 is 0.805 bits per heavy atom. The molecule has 0 aliphatic rings. The molecule has 10 nitrogen and oxygen atoms in total. The van der Waals surface area contributed by atoms with Gasteiger partial charge in [-0.2, -0.15) is 0 Å². The smallest absolute Gasteiger partial charge is 0.344 e. The van der Waals surface area contributed by atoms with Crippen LogP contribution in [0, 0.1) is 41.5 Å². The topological polar surface area (TPSA) is 149 Å². The lowest BCUT2D eigenvalue weighted by Crippen LogP contribution is -2.26. The molecule has 0 saturated carbocycles. The molecule has 0 saturated heterocycles. The zero-order valence-electron chi connectivity index (χ0n) is 48.7. The highest BCUT2D eigenvalue weighted by molar-refractivity contribution is 5.77. The van der Waals surface area contributed by atoms with E-state index < -0.39 is 0 Å². The van der Waals surface area contributed by atoms with Crippen molar-refractivity contribution < 1.29 is 48.7 Å². The van der Waals surface area contributed by atoms with Gasteiger partial charge >= 0.3 is 5.97 Å². The van der Waals surface area contributed by atoms with E-state index in [4.69, 9.17) is 18.9 Å². The number of carbonyl (C=O) groups is 3. The standard InChI is InChI=1S/C26H34O5.C22H28O3.C19H24O2/c1-7-26(8-2,21-10-12-23(18(4)14-21)30-16-20(6)27)22-11-13-24(19(5)15-22)31-17-25(28)29-9-3;1-6-22(7-2,18-8-10-20(24)15(3)12-18)19-9-11-21(16(4)13-19)25-14-17(5)23;1-5-19(6-2,15-7-9-17(20)13(3)11-15)16-8-10-18(21)14(4)12-16/h10-15H,7-9,16-17H2,1-6H3;8-13,24H,6-7,14H2,1-5H3;7-12,20-21H,5-6H2,1-4H3. The van der Waals surface area contributed by atoms with Gasteiger partial charge in [0, 0.05) is 16.2 Å². The van der Waals surface area contributed by atoms with Gasteiger partial charge in [-0.1, -0.05) is 114 Å². The maximum absolute atomic E-state index is 11.6. The van der Waals surface area contributed by atoms with E-state index in [0.29, 0.717) is 29.6 Å². The average Bonchev–Trinajstić information content (AvgIpc) is 3.40. The largest absolute Gasteiger partial charge is 0.508 e. The van der Waals surface area contributed by atoms with Crippen LogP contribution in [0.2, 0.25) is 0 Å². The Balaban J connectivity index is 0.000000254.